The number of nitrogens with one attached hydrogen (secondary N) is 2. The first kappa shape index (κ1) is 26.5. The van der Waals surface area contributed by atoms with E-state index in [0.29, 0.717) is 18.2 Å². The van der Waals surface area contributed by atoms with Gasteiger partial charge in [0.2, 0.25) is 11.8 Å². The molecule has 0 radical (unpaired) electrons. The van der Waals surface area contributed by atoms with E-state index in [2.05, 4.69) is 34.3 Å². The maximum Gasteiger partial charge on any atom is 0.242 e. The summed E-state index contributed by atoms with van der Waals surface area (Å²) in [5, 5.41) is 6.12. The molecule has 2 atom stereocenters. The van der Waals surface area contributed by atoms with Gasteiger partial charge in [-0.2, -0.15) is 0 Å². The van der Waals surface area contributed by atoms with Crippen LogP contribution in [-0.4, -0.2) is 62.0 Å². The zero-order valence-corrected chi connectivity index (χ0v) is 21.2. The van der Waals surface area contributed by atoms with E-state index in [1.54, 1.807) is 6.07 Å². The van der Waals surface area contributed by atoms with Crippen LogP contribution in [0.5, 0.6) is 0 Å². The van der Waals surface area contributed by atoms with E-state index in [0.717, 1.165) is 71.2 Å². The molecule has 1 aliphatic heterocycles. The number of benzene rings is 1. The zero-order valence-electron chi connectivity index (χ0n) is 21.2. The van der Waals surface area contributed by atoms with Crippen molar-refractivity contribution in [2.45, 2.75) is 65.3 Å². The monoisotopic (exact) mass is 474 g/mol. The molecular formula is C27H43FN4O2. The third-order valence-corrected chi connectivity index (χ3v) is 7.70. The number of hydrogen-bond acceptors (Lipinski definition) is 4. The molecule has 34 heavy (non-hydrogen) atoms. The number of halogens is 1. The Morgan fingerprint density at radius 3 is 2.41 bits per heavy atom. The van der Waals surface area contributed by atoms with Gasteiger partial charge in [-0.15, -0.1) is 0 Å². The molecule has 6 nitrogen and oxygen atoms in total. The van der Waals surface area contributed by atoms with Crippen molar-refractivity contribution in [1.82, 2.24) is 15.5 Å². The van der Waals surface area contributed by atoms with Crippen LogP contribution in [0.1, 0.15) is 59.3 Å². The largest absolute Gasteiger partial charge is 0.367 e. The second kappa shape index (κ2) is 13.1. The van der Waals surface area contributed by atoms with Crippen LogP contribution in [0.2, 0.25) is 0 Å². The molecule has 2 aliphatic rings. The minimum atomic E-state index is -0.471. The number of para-hydroxylation sites is 1. The first-order valence-corrected chi connectivity index (χ1v) is 13.2. The highest BCUT2D eigenvalue weighted by molar-refractivity contribution is 5.88. The summed E-state index contributed by atoms with van der Waals surface area (Å²) in [5.41, 5.74) is 0.676. The standard InChI is InChI=1S/C27H43FN4O2/c1-4-21(3)25(30-26(33)22-12-10-20(2)11-13-22)27(34)29-14-7-15-31-16-18-32(19-17-31)24-9-6-5-8-23(24)28/h5-6,8-9,20-22,25H,4,7,10-19H2,1-3H3,(H,29,34)(H,30,33)/t20?,21-,22?,25+/m1/s1. The summed E-state index contributed by atoms with van der Waals surface area (Å²) in [6.45, 7) is 11.2. The second-order valence-electron chi connectivity index (χ2n) is 10.3. The van der Waals surface area contributed by atoms with E-state index < -0.39 is 6.04 Å². The number of carbonyl (C=O) groups is 2. The average Bonchev–Trinajstić information content (AvgIpc) is 2.85. The molecule has 0 spiro atoms. The summed E-state index contributed by atoms with van der Waals surface area (Å²) in [6.07, 6.45) is 5.72. The maximum absolute atomic E-state index is 14.0. The summed E-state index contributed by atoms with van der Waals surface area (Å²) in [4.78, 5) is 30.2. The Morgan fingerprint density at radius 2 is 1.76 bits per heavy atom. The number of rotatable bonds is 10. The van der Waals surface area contributed by atoms with Crippen molar-refractivity contribution in [3.63, 3.8) is 0 Å². The summed E-state index contributed by atoms with van der Waals surface area (Å²) in [6, 6.07) is 6.47. The van der Waals surface area contributed by atoms with Gasteiger partial charge < -0.3 is 15.5 Å². The highest BCUT2D eigenvalue weighted by atomic mass is 19.1. The van der Waals surface area contributed by atoms with Crippen molar-refractivity contribution < 1.29 is 14.0 Å². The van der Waals surface area contributed by atoms with Gasteiger partial charge in [0.1, 0.15) is 11.9 Å². The number of hydrogen-bond donors (Lipinski definition) is 2. The number of anilines is 1. The van der Waals surface area contributed by atoms with Crippen molar-refractivity contribution in [2.75, 3.05) is 44.2 Å². The Labute approximate surface area is 204 Å². The Hall–Kier alpha value is -2.15. The lowest BCUT2D eigenvalue weighted by molar-refractivity contribution is -0.133. The molecule has 1 saturated heterocycles. The smallest absolute Gasteiger partial charge is 0.242 e. The number of amides is 2. The van der Waals surface area contributed by atoms with Crippen molar-refractivity contribution in [3.05, 3.63) is 30.1 Å². The topological polar surface area (TPSA) is 64.7 Å². The van der Waals surface area contributed by atoms with E-state index in [1.807, 2.05) is 19.1 Å². The first-order valence-electron chi connectivity index (χ1n) is 13.2. The first-order chi connectivity index (χ1) is 16.4. The Morgan fingerprint density at radius 1 is 1.09 bits per heavy atom. The van der Waals surface area contributed by atoms with Gasteiger partial charge in [0.15, 0.2) is 0 Å². The third kappa shape index (κ3) is 7.42. The van der Waals surface area contributed by atoms with E-state index in [9.17, 15) is 14.0 Å². The quantitative estimate of drug-likeness (QED) is 0.506. The number of nitrogens with zero attached hydrogens (tertiary/aromatic N) is 2. The fraction of sp³-hybridized carbons (Fsp3) is 0.704. The average molecular weight is 475 g/mol. The molecule has 3 rings (SSSR count). The number of piperazine rings is 1. The van der Waals surface area contributed by atoms with Crippen LogP contribution in [0.15, 0.2) is 24.3 Å². The fourth-order valence-electron chi connectivity index (χ4n) is 5.04. The van der Waals surface area contributed by atoms with E-state index >= 15 is 0 Å². The van der Waals surface area contributed by atoms with Crippen molar-refractivity contribution in [3.8, 4) is 0 Å². The van der Waals surface area contributed by atoms with Crippen molar-refractivity contribution in [2.24, 2.45) is 17.8 Å². The Bertz CT molecular complexity index is 789. The van der Waals surface area contributed by atoms with Gasteiger partial charge in [-0.1, -0.05) is 39.3 Å². The normalized spacial score (nSPS) is 23.2. The van der Waals surface area contributed by atoms with Crippen LogP contribution < -0.4 is 15.5 Å². The van der Waals surface area contributed by atoms with Crippen LogP contribution in [0, 0.1) is 23.6 Å². The molecule has 2 fully saturated rings. The highest BCUT2D eigenvalue weighted by Crippen LogP contribution is 2.28. The third-order valence-electron chi connectivity index (χ3n) is 7.70. The maximum atomic E-state index is 14.0. The predicted octanol–water partition coefficient (Wildman–Crippen LogP) is 3.81. The van der Waals surface area contributed by atoms with Gasteiger partial charge in [-0.25, -0.2) is 4.39 Å². The van der Waals surface area contributed by atoms with Crippen LogP contribution in [0.3, 0.4) is 0 Å². The molecule has 0 bridgehead atoms. The van der Waals surface area contributed by atoms with Crippen molar-refractivity contribution in [1.29, 1.82) is 0 Å². The Kier molecular flexibility index (Phi) is 10.2. The van der Waals surface area contributed by atoms with Crippen LogP contribution in [-0.2, 0) is 9.59 Å². The van der Waals surface area contributed by atoms with E-state index in [4.69, 9.17) is 0 Å². The molecule has 1 aromatic carbocycles. The summed E-state index contributed by atoms with van der Waals surface area (Å²) >= 11 is 0. The van der Waals surface area contributed by atoms with Gasteiger partial charge in [-0.3, -0.25) is 14.5 Å². The summed E-state index contributed by atoms with van der Waals surface area (Å²) in [5.74, 6) is 0.632. The number of carbonyl (C=O) groups excluding carboxylic acids is 2. The van der Waals surface area contributed by atoms with E-state index in [1.165, 1.54) is 6.07 Å². The molecule has 1 aliphatic carbocycles. The minimum Gasteiger partial charge on any atom is -0.367 e. The molecule has 2 N–H and O–H groups in total. The van der Waals surface area contributed by atoms with Gasteiger partial charge in [0.05, 0.1) is 5.69 Å². The molecule has 7 heteroatoms. The molecule has 0 aromatic heterocycles. The molecule has 1 saturated carbocycles. The summed E-state index contributed by atoms with van der Waals surface area (Å²) < 4.78 is 14.0. The SMILES string of the molecule is CC[C@@H](C)[C@H](NC(=O)C1CCC(C)CC1)C(=O)NCCCN1CCN(c2ccccc2F)CC1. The predicted molar refractivity (Wildman–Crippen MR) is 135 cm³/mol. The van der Waals surface area contributed by atoms with Gasteiger partial charge in [-0.05, 0) is 62.6 Å². The molecule has 0 unspecified atom stereocenters. The molecule has 190 valence electrons. The lowest BCUT2D eigenvalue weighted by Crippen LogP contribution is -2.52. The molecule has 2 amide bonds. The lowest BCUT2D eigenvalue weighted by atomic mass is 9.82. The fourth-order valence-corrected chi connectivity index (χ4v) is 5.04. The second-order valence-corrected chi connectivity index (χ2v) is 10.3. The molecular weight excluding hydrogens is 431 g/mol. The highest BCUT2D eigenvalue weighted by Gasteiger charge is 2.30. The summed E-state index contributed by atoms with van der Waals surface area (Å²) in [7, 11) is 0. The molecule has 1 heterocycles. The zero-order chi connectivity index (χ0) is 24.5. The lowest BCUT2D eigenvalue weighted by Gasteiger charge is -2.36. The molecule has 1 aromatic rings. The van der Waals surface area contributed by atoms with Crippen molar-refractivity contribution >= 4 is 17.5 Å². The van der Waals surface area contributed by atoms with Gasteiger partial charge in [0, 0.05) is 38.6 Å². The Balaban J connectivity index is 1.38. The van der Waals surface area contributed by atoms with E-state index in [-0.39, 0.29) is 29.5 Å². The van der Waals surface area contributed by atoms with Crippen LogP contribution >= 0.6 is 0 Å². The minimum absolute atomic E-state index is 0.0404. The van der Waals surface area contributed by atoms with Crippen LogP contribution in [0.25, 0.3) is 0 Å². The van der Waals surface area contributed by atoms with Gasteiger partial charge >= 0.3 is 0 Å². The van der Waals surface area contributed by atoms with Gasteiger partial charge in [0.25, 0.3) is 0 Å². The van der Waals surface area contributed by atoms with Crippen LogP contribution in [0.4, 0.5) is 10.1 Å².